The summed E-state index contributed by atoms with van der Waals surface area (Å²) in [7, 11) is -5.08. The van der Waals surface area contributed by atoms with Crippen LogP contribution < -0.4 is 4.72 Å². The lowest BCUT2D eigenvalue weighted by Gasteiger charge is -2.47. The van der Waals surface area contributed by atoms with Crippen LogP contribution in [-0.2, 0) is 26.4 Å². The van der Waals surface area contributed by atoms with E-state index in [9.17, 15) is 4.21 Å². The molecule has 0 bridgehead atoms. The fraction of sp³-hybridized carbons (Fsp3) is 0.579. The second kappa shape index (κ2) is 14.1. The summed E-state index contributed by atoms with van der Waals surface area (Å²) in [6, 6.07) is 12.2. The first kappa shape index (κ1) is 38.6. The van der Waals surface area contributed by atoms with Crippen molar-refractivity contribution in [3.05, 3.63) is 66.4 Å². The average Bonchev–Trinajstić information content (AvgIpc) is 3.43. The SMILES string of the molecule is CC(C)(C)[S@@](=O)N[C@H](c1cccc(-c2ccc3cnn(-c4cncc(CO[Si](C)(C)C(C)(C)C)n4)c3c2)n1)C1CC(O[Si](C)(C)C(C)(C)C)C1. The minimum Gasteiger partial charge on any atom is -0.414 e. The smallest absolute Gasteiger partial charge is 0.192 e. The maximum atomic E-state index is 13.5. The molecule has 0 spiro atoms. The molecule has 5 rings (SSSR count). The highest BCUT2D eigenvalue weighted by Crippen LogP contribution is 2.45. The minimum atomic E-state index is -1.94. The van der Waals surface area contributed by atoms with Crippen LogP contribution in [0.4, 0.5) is 0 Å². The number of fused-ring (bicyclic) bond motifs is 1. The Hall–Kier alpha value is -2.62. The summed E-state index contributed by atoms with van der Waals surface area (Å²) in [5.41, 5.74) is 4.40. The number of hydrogen-bond donors (Lipinski definition) is 1. The molecule has 0 aliphatic heterocycles. The van der Waals surface area contributed by atoms with Crippen molar-refractivity contribution in [1.82, 2.24) is 29.5 Å². The molecule has 12 heteroatoms. The molecule has 1 fully saturated rings. The van der Waals surface area contributed by atoms with Gasteiger partial charge in [0.25, 0.3) is 0 Å². The van der Waals surface area contributed by atoms with Crippen LogP contribution in [0.15, 0.2) is 55.0 Å². The predicted molar refractivity (Wildman–Crippen MR) is 210 cm³/mol. The molecule has 3 heterocycles. The molecule has 3 aromatic heterocycles. The molecule has 0 amide bonds. The highest BCUT2D eigenvalue weighted by molar-refractivity contribution is 7.84. The van der Waals surface area contributed by atoms with Crippen molar-refractivity contribution < 1.29 is 13.1 Å². The van der Waals surface area contributed by atoms with Gasteiger partial charge in [-0.3, -0.25) is 9.97 Å². The number of nitrogens with zero attached hydrogens (tertiary/aromatic N) is 5. The van der Waals surface area contributed by atoms with Crippen LogP contribution in [0, 0.1) is 5.92 Å². The molecule has 272 valence electrons. The summed E-state index contributed by atoms with van der Waals surface area (Å²) in [5.74, 6) is 0.915. The molecule has 1 aliphatic carbocycles. The summed E-state index contributed by atoms with van der Waals surface area (Å²) in [6.07, 6.45) is 7.42. The van der Waals surface area contributed by atoms with E-state index >= 15 is 0 Å². The van der Waals surface area contributed by atoms with E-state index in [0.717, 1.165) is 46.4 Å². The third-order valence-corrected chi connectivity index (χ3v) is 21.5. The summed E-state index contributed by atoms with van der Waals surface area (Å²) in [4.78, 5) is 14.6. The van der Waals surface area contributed by atoms with Crippen LogP contribution in [0.5, 0.6) is 0 Å². The standard InChI is InChI=1S/C38H58N6O3SSi2/c1-36(2,3)48(45)43-35(28-19-30(20-28)47-50(12,13)38(7,8)9)32-16-14-15-31(42-32)26-17-18-27-22-40-44(33(27)21-26)34-24-39-23-29(41-34)25-46-49(10,11)37(4,5)6/h14-18,21-24,28,30,35,43H,19-20,25H2,1-13H3/t28?,30?,35-,48+/m0/s1. The lowest BCUT2D eigenvalue weighted by Crippen LogP contribution is -2.50. The molecule has 1 N–H and O–H groups in total. The summed E-state index contributed by atoms with van der Waals surface area (Å²) in [5, 5.41) is 5.95. The van der Waals surface area contributed by atoms with Gasteiger partial charge in [0.15, 0.2) is 22.5 Å². The molecule has 0 saturated heterocycles. The topological polar surface area (TPSA) is 104 Å². The minimum absolute atomic E-state index is 0.108. The van der Waals surface area contributed by atoms with Crippen LogP contribution in [0.25, 0.3) is 28.0 Å². The highest BCUT2D eigenvalue weighted by Gasteiger charge is 2.45. The second-order valence-electron chi connectivity index (χ2n) is 17.9. The van der Waals surface area contributed by atoms with Crippen LogP contribution in [0.3, 0.4) is 0 Å². The Labute approximate surface area is 304 Å². The van der Waals surface area contributed by atoms with Gasteiger partial charge in [0.2, 0.25) is 0 Å². The van der Waals surface area contributed by atoms with E-state index in [-0.39, 0.29) is 28.1 Å². The lowest BCUT2D eigenvalue weighted by molar-refractivity contribution is 0.0368. The molecule has 4 aromatic rings. The van der Waals surface area contributed by atoms with E-state index in [1.165, 1.54) is 0 Å². The van der Waals surface area contributed by atoms with Crippen molar-refractivity contribution in [2.24, 2.45) is 5.92 Å². The van der Waals surface area contributed by atoms with Crippen molar-refractivity contribution in [1.29, 1.82) is 0 Å². The number of benzene rings is 1. The Morgan fingerprint density at radius 1 is 0.900 bits per heavy atom. The van der Waals surface area contributed by atoms with Crippen LogP contribution in [0.1, 0.15) is 92.6 Å². The molecule has 50 heavy (non-hydrogen) atoms. The number of nitrogens with one attached hydrogen (secondary N) is 1. The molecule has 0 radical (unpaired) electrons. The average molecular weight is 735 g/mol. The molecular formula is C38H58N6O3SSi2. The maximum absolute atomic E-state index is 13.5. The Bertz CT molecular complexity index is 1830. The Morgan fingerprint density at radius 2 is 1.58 bits per heavy atom. The molecule has 1 aliphatic rings. The van der Waals surface area contributed by atoms with Gasteiger partial charge in [0, 0.05) is 17.1 Å². The Balaban J connectivity index is 1.41. The number of pyridine rings is 1. The molecular weight excluding hydrogens is 677 g/mol. The van der Waals surface area contributed by atoms with Gasteiger partial charge in [0.05, 0.1) is 69.6 Å². The first-order valence-electron chi connectivity index (χ1n) is 17.8. The summed E-state index contributed by atoms with van der Waals surface area (Å²) in [6.45, 7) is 29.1. The van der Waals surface area contributed by atoms with E-state index in [1.54, 1.807) is 12.4 Å². The van der Waals surface area contributed by atoms with Crippen LogP contribution in [-0.4, -0.2) is 56.4 Å². The van der Waals surface area contributed by atoms with Crippen molar-refractivity contribution in [3.8, 4) is 17.1 Å². The Kier molecular flexibility index (Phi) is 10.9. The quantitative estimate of drug-likeness (QED) is 0.153. The van der Waals surface area contributed by atoms with Gasteiger partial charge < -0.3 is 8.85 Å². The second-order valence-corrected chi connectivity index (χ2v) is 29.5. The summed E-state index contributed by atoms with van der Waals surface area (Å²) >= 11 is 0. The zero-order valence-corrected chi connectivity index (χ0v) is 35.2. The van der Waals surface area contributed by atoms with Gasteiger partial charge >= 0.3 is 0 Å². The fourth-order valence-corrected chi connectivity index (χ4v) is 8.66. The zero-order valence-electron chi connectivity index (χ0n) is 32.4. The fourth-order valence-electron chi connectivity index (χ4n) is 5.44. The Morgan fingerprint density at radius 3 is 2.22 bits per heavy atom. The van der Waals surface area contributed by atoms with Gasteiger partial charge in [-0.25, -0.2) is 18.6 Å². The van der Waals surface area contributed by atoms with Gasteiger partial charge in [0.1, 0.15) is 0 Å². The van der Waals surface area contributed by atoms with Crippen LogP contribution >= 0.6 is 0 Å². The van der Waals surface area contributed by atoms with Gasteiger partial charge in [-0.15, -0.1) is 0 Å². The van der Waals surface area contributed by atoms with E-state index in [2.05, 4.69) is 107 Å². The highest BCUT2D eigenvalue weighted by atomic mass is 32.2. The lowest BCUT2D eigenvalue weighted by atomic mass is 9.76. The first-order valence-corrected chi connectivity index (χ1v) is 24.8. The van der Waals surface area contributed by atoms with E-state index in [1.807, 2.05) is 43.8 Å². The van der Waals surface area contributed by atoms with Crippen molar-refractivity contribution in [2.75, 3.05) is 0 Å². The largest absolute Gasteiger partial charge is 0.414 e. The molecule has 9 nitrogen and oxygen atoms in total. The van der Waals surface area contributed by atoms with Crippen molar-refractivity contribution in [2.45, 2.75) is 135 Å². The third-order valence-electron chi connectivity index (χ3n) is 10.9. The summed E-state index contributed by atoms with van der Waals surface area (Å²) < 4.78 is 31.5. The zero-order chi connectivity index (χ0) is 36.9. The van der Waals surface area contributed by atoms with E-state index in [4.69, 9.17) is 18.8 Å². The van der Waals surface area contributed by atoms with Crippen molar-refractivity contribution >= 4 is 38.5 Å². The van der Waals surface area contributed by atoms with Gasteiger partial charge in [-0.1, -0.05) is 59.7 Å². The first-order chi connectivity index (χ1) is 23.1. The predicted octanol–water partition coefficient (Wildman–Crippen LogP) is 9.29. The number of rotatable bonds is 11. The number of hydrogen-bond acceptors (Lipinski definition) is 7. The van der Waals surface area contributed by atoms with E-state index in [0.29, 0.717) is 12.4 Å². The van der Waals surface area contributed by atoms with Crippen LogP contribution in [0.2, 0.25) is 36.3 Å². The van der Waals surface area contributed by atoms with E-state index < -0.39 is 32.4 Å². The maximum Gasteiger partial charge on any atom is 0.192 e. The van der Waals surface area contributed by atoms with Gasteiger partial charge in [-0.05, 0) is 94.0 Å². The van der Waals surface area contributed by atoms with Gasteiger partial charge in [-0.2, -0.15) is 5.10 Å². The molecule has 2 atom stereocenters. The molecule has 0 unspecified atom stereocenters. The molecule has 1 saturated carbocycles. The monoisotopic (exact) mass is 734 g/mol. The molecule has 1 aromatic carbocycles. The van der Waals surface area contributed by atoms with Crippen molar-refractivity contribution in [3.63, 3.8) is 0 Å². The number of aromatic nitrogens is 5. The third kappa shape index (κ3) is 8.53. The normalized spacial score (nSPS) is 19.0.